The molecule has 5 fully saturated rings. The standard InChI is InChI=1S/C36H54O4/c1-25(10-9-20-37)29-14-15-30-34-31(17-19-36(29,30)3)35(2)18-16-28(40-33-13-7-8-21-38-33)22-27(35)23-32(34)39-24-26-11-5-4-6-12-26/h4-6,11-12,20,25,27-34H,7-10,13-19,21-24H2,1-3H3/t25-,27?,28-,29+,30?,31?,32-,33?,34?,35-,36+/m0/s1. The Balaban J connectivity index is 1.23. The Hall–Kier alpha value is -1.23. The van der Waals surface area contributed by atoms with E-state index >= 15 is 0 Å². The van der Waals surface area contributed by atoms with Gasteiger partial charge in [0.1, 0.15) is 6.29 Å². The monoisotopic (exact) mass is 550 g/mol. The van der Waals surface area contributed by atoms with Crippen molar-refractivity contribution in [3.05, 3.63) is 35.9 Å². The van der Waals surface area contributed by atoms with Crippen molar-refractivity contribution in [1.82, 2.24) is 0 Å². The van der Waals surface area contributed by atoms with Crippen LogP contribution >= 0.6 is 0 Å². The summed E-state index contributed by atoms with van der Waals surface area (Å²) in [7, 11) is 0. The van der Waals surface area contributed by atoms with Crippen LogP contribution in [0.25, 0.3) is 0 Å². The highest BCUT2D eigenvalue weighted by Gasteiger charge is 2.63. The van der Waals surface area contributed by atoms with Crippen LogP contribution in [0.15, 0.2) is 30.3 Å². The molecule has 5 unspecified atom stereocenters. The molecule has 4 heteroatoms. The molecule has 0 N–H and O–H groups in total. The second-order valence-electron chi connectivity index (χ2n) is 14.8. The van der Waals surface area contributed by atoms with E-state index in [0.717, 1.165) is 56.5 Å². The molecule has 6 rings (SSSR count). The molecule has 1 heterocycles. The lowest BCUT2D eigenvalue weighted by Crippen LogP contribution is -2.59. The molecule has 1 saturated heterocycles. The van der Waals surface area contributed by atoms with E-state index < -0.39 is 0 Å². The molecule has 40 heavy (non-hydrogen) atoms. The van der Waals surface area contributed by atoms with Gasteiger partial charge in [-0.25, -0.2) is 0 Å². The number of fused-ring (bicyclic) bond motifs is 5. The minimum Gasteiger partial charge on any atom is -0.373 e. The first-order valence-corrected chi connectivity index (χ1v) is 16.8. The van der Waals surface area contributed by atoms with Crippen LogP contribution < -0.4 is 0 Å². The van der Waals surface area contributed by atoms with Crippen LogP contribution in [0.4, 0.5) is 0 Å². The molecule has 5 aliphatic rings. The molecule has 4 nitrogen and oxygen atoms in total. The molecule has 0 aromatic heterocycles. The van der Waals surface area contributed by atoms with Crippen molar-refractivity contribution in [2.24, 2.45) is 46.3 Å². The SMILES string of the molecule is C[C@@H](CCC=O)[C@H]1CCC2C3C(CC[C@@]21C)[C@@]1(C)CC[C@H](OC2CCCCO2)CC1C[C@@H]3OCc1ccccc1. The van der Waals surface area contributed by atoms with Crippen molar-refractivity contribution in [2.75, 3.05) is 6.61 Å². The summed E-state index contributed by atoms with van der Waals surface area (Å²) in [6.45, 7) is 9.27. The molecule has 11 atom stereocenters. The van der Waals surface area contributed by atoms with E-state index in [4.69, 9.17) is 14.2 Å². The van der Waals surface area contributed by atoms with Crippen molar-refractivity contribution in [3.8, 4) is 0 Å². The fourth-order valence-electron chi connectivity index (χ4n) is 10.8. The summed E-state index contributed by atoms with van der Waals surface area (Å²) in [4.78, 5) is 11.2. The molecular formula is C36H54O4. The Morgan fingerprint density at radius 3 is 2.55 bits per heavy atom. The quantitative estimate of drug-likeness (QED) is 0.229. The Labute approximate surface area is 243 Å². The number of carbonyl (C=O) groups is 1. The van der Waals surface area contributed by atoms with Gasteiger partial charge < -0.3 is 19.0 Å². The van der Waals surface area contributed by atoms with Crippen LogP contribution in [0.1, 0.15) is 110 Å². The summed E-state index contributed by atoms with van der Waals surface area (Å²) in [6.07, 6.45) is 17.1. The summed E-state index contributed by atoms with van der Waals surface area (Å²) >= 11 is 0. The second-order valence-corrected chi connectivity index (χ2v) is 14.8. The zero-order valence-electron chi connectivity index (χ0n) is 25.4. The van der Waals surface area contributed by atoms with Gasteiger partial charge in [-0.15, -0.1) is 0 Å². The minimum absolute atomic E-state index is 0.0107. The molecule has 0 amide bonds. The van der Waals surface area contributed by atoms with Crippen molar-refractivity contribution < 1.29 is 19.0 Å². The van der Waals surface area contributed by atoms with E-state index in [1.165, 1.54) is 63.4 Å². The highest BCUT2D eigenvalue weighted by atomic mass is 16.7. The second kappa shape index (κ2) is 12.2. The fourth-order valence-corrected chi connectivity index (χ4v) is 10.8. The van der Waals surface area contributed by atoms with Gasteiger partial charge in [-0.1, -0.05) is 51.1 Å². The molecule has 1 aromatic carbocycles. The lowest BCUT2D eigenvalue weighted by molar-refractivity contribution is -0.226. The molecule has 4 saturated carbocycles. The highest BCUT2D eigenvalue weighted by molar-refractivity contribution is 5.49. The van der Waals surface area contributed by atoms with E-state index in [2.05, 4.69) is 51.1 Å². The predicted octanol–water partition coefficient (Wildman–Crippen LogP) is 8.37. The topological polar surface area (TPSA) is 44.8 Å². The number of aldehydes is 1. The number of ether oxygens (including phenoxy) is 3. The molecule has 0 radical (unpaired) electrons. The lowest BCUT2D eigenvalue weighted by atomic mass is 9.43. The van der Waals surface area contributed by atoms with Crippen LogP contribution in [-0.4, -0.2) is 31.4 Å². The van der Waals surface area contributed by atoms with Gasteiger partial charge in [0.2, 0.25) is 0 Å². The highest BCUT2D eigenvalue weighted by Crippen LogP contribution is 2.69. The van der Waals surface area contributed by atoms with Gasteiger partial charge in [0.15, 0.2) is 6.29 Å². The van der Waals surface area contributed by atoms with Gasteiger partial charge in [0.05, 0.1) is 18.8 Å². The maximum Gasteiger partial charge on any atom is 0.157 e. The number of rotatable bonds is 9. The lowest BCUT2D eigenvalue weighted by Gasteiger charge is -2.63. The Kier molecular flexibility index (Phi) is 8.79. The summed E-state index contributed by atoms with van der Waals surface area (Å²) in [6, 6.07) is 10.8. The van der Waals surface area contributed by atoms with Crippen LogP contribution in [0.5, 0.6) is 0 Å². The maximum absolute atomic E-state index is 11.2. The van der Waals surface area contributed by atoms with Crippen LogP contribution in [0, 0.1) is 46.3 Å². The first-order chi connectivity index (χ1) is 19.4. The van der Waals surface area contributed by atoms with Crippen LogP contribution in [0.3, 0.4) is 0 Å². The normalized spacial score (nSPS) is 43.8. The molecular weight excluding hydrogens is 496 g/mol. The van der Waals surface area contributed by atoms with Crippen LogP contribution in [-0.2, 0) is 25.6 Å². The predicted molar refractivity (Wildman–Crippen MR) is 159 cm³/mol. The van der Waals surface area contributed by atoms with Crippen LogP contribution in [0.2, 0.25) is 0 Å². The Morgan fingerprint density at radius 1 is 0.975 bits per heavy atom. The summed E-state index contributed by atoms with van der Waals surface area (Å²) in [5, 5.41) is 0. The summed E-state index contributed by atoms with van der Waals surface area (Å²) in [5.74, 6) is 4.13. The Morgan fingerprint density at radius 2 is 1.77 bits per heavy atom. The average Bonchev–Trinajstić information content (AvgIpc) is 3.33. The number of hydrogen-bond acceptors (Lipinski definition) is 4. The van der Waals surface area contributed by atoms with Gasteiger partial charge in [-0.3, -0.25) is 0 Å². The number of hydrogen-bond donors (Lipinski definition) is 0. The first-order valence-electron chi connectivity index (χ1n) is 16.8. The first kappa shape index (κ1) is 28.9. The van der Waals surface area contributed by atoms with E-state index in [1.807, 2.05) is 0 Å². The van der Waals surface area contributed by atoms with Gasteiger partial charge in [-0.2, -0.15) is 0 Å². The van der Waals surface area contributed by atoms with Crippen molar-refractivity contribution in [3.63, 3.8) is 0 Å². The molecule has 0 spiro atoms. The summed E-state index contributed by atoms with van der Waals surface area (Å²) in [5.41, 5.74) is 2.05. The smallest absolute Gasteiger partial charge is 0.157 e. The van der Waals surface area contributed by atoms with Gasteiger partial charge >= 0.3 is 0 Å². The third kappa shape index (κ3) is 5.47. The fraction of sp³-hybridized carbons (Fsp3) is 0.806. The third-order valence-corrected chi connectivity index (χ3v) is 12.9. The number of benzene rings is 1. The van der Waals surface area contributed by atoms with E-state index in [0.29, 0.717) is 47.2 Å². The van der Waals surface area contributed by atoms with E-state index in [1.54, 1.807) is 0 Å². The zero-order valence-corrected chi connectivity index (χ0v) is 25.4. The zero-order chi connectivity index (χ0) is 27.7. The van der Waals surface area contributed by atoms with Crippen molar-refractivity contribution in [2.45, 2.75) is 129 Å². The number of carbonyl (C=O) groups excluding carboxylic acids is 1. The van der Waals surface area contributed by atoms with Crippen molar-refractivity contribution in [1.29, 1.82) is 0 Å². The molecule has 0 bridgehead atoms. The maximum atomic E-state index is 11.2. The molecule has 1 aliphatic heterocycles. The van der Waals surface area contributed by atoms with E-state index in [9.17, 15) is 4.79 Å². The van der Waals surface area contributed by atoms with Gasteiger partial charge in [-0.05, 0) is 129 Å². The van der Waals surface area contributed by atoms with E-state index in [-0.39, 0.29) is 6.29 Å². The Bertz CT molecular complexity index is 974. The molecule has 4 aliphatic carbocycles. The minimum atomic E-state index is 0.0107. The van der Waals surface area contributed by atoms with Crippen molar-refractivity contribution >= 4 is 6.29 Å². The third-order valence-electron chi connectivity index (χ3n) is 12.9. The summed E-state index contributed by atoms with van der Waals surface area (Å²) < 4.78 is 19.6. The molecule has 222 valence electrons. The molecule has 1 aromatic rings. The average molecular weight is 551 g/mol. The largest absolute Gasteiger partial charge is 0.373 e. The van der Waals surface area contributed by atoms with Gasteiger partial charge in [0, 0.05) is 13.0 Å². The van der Waals surface area contributed by atoms with Gasteiger partial charge in [0.25, 0.3) is 0 Å².